The molecule has 0 spiro atoms. The number of aliphatic hydroxyl groups is 1. The molecule has 0 aliphatic carbocycles. The molecular weight excluding hydrogens is 241 g/mol. The molecule has 2 aromatic rings. The van der Waals surface area contributed by atoms with Gasteiger partial charge in [-0.15, -0.1) is 0 Å². The van der Waals surface area contributed by atoms with Gasteiger partial charge in [0.05, 0.1) is 5.02 Å². The van der Waals surface area contributed by atoms with Crippen molar-refractivity contribution < 1.29 is 9.50 Å². The topological polar surface area (TPSA) is 33.1 Å². The third-order valence-electron chi connectivity index (χ3n) is 2.65. The van der Waals surface area contributed by atoms with Crippen LogP contribution in [0.15, 0.2) is 36.7 Å². The average Bonchev–Trinajstić information content (AvgIpc) is 2.32. The molecule has 1 atom stereocenters. The molecule has 0 saturated carbocycles. The van der Waals surface area contributed by atoms with Crippen molar-refractivity contribution in [2.45, 2.75) is 13.0 Å². The first kappa shape index (κ1) is 12.0. The van der Waals surface area contributed by atoms with E-state index in [1.54, 1.807) is 18.3 Å². The van der Waals surface area contributed by atoms with Gasteiger partial charge in [-0.25, -0.2) is 4.39 Å². The van der Waals surface area contributed by atoms with E-state index in [1.165, 1.54) is 18.3 Å². The Morgan fingerprint density at radius 2 is 2.06 bits per heavy atom. The summed E-state index contributed by atoms with van der Waals surface area (Å²) in [6.07, 6.45) is 2.10. The molecule has 1 N–H and O–H groups in total. The van der Waals surface area contributed by atoms with Gasteiger partial charge in [0.15, 0.2) is 0 Å². The monoisotopic (exact) mass is 251 g/mol. The van der Waals surface area contributed by atoms with Crippen molar-refractivity contribution in [3.8, 4) is 0 Å². The Morgan fingerprint density at radius 1 is 1.29 bits per heavy atom. The fourth-order valence-corrected chi connectivity index (χ4v) is 1.84. The molecule has 0 bridgehead atoms. The van der Waals surface area contributed by atoms with E-state index in [9.17, 15) is 9.50 Å². The van der Waals surface area contributed by atoms with Crippen molar-refractivity contribution >= 4 is 11.6 Å². The van der Waals surface area contributed by atoms with Crippen LogP contribution in [-0.2, 0) is 0 Å². The first-order valence-electron chi connectivity index (χ1n) is 5.13. The fraction of sp³-hybridized carbons (Fsp3) is 0.154. The maximum atomic E-state index is 13.8. The van der Waals surface area contributed by atoms with E-state index < -0.39 is 11.9 Å². The molecule has 0 saturated heterocycles. The molecule has 1 aromatic carbocycles. The maximum absolute atomic E-state index is 13.8. The van der Waals surface area contributed by atoms with Crippen LogP contribution in [0.2, 0.25) is 5.02 Å². The summed E-state index contributed by atoms with van der Waals surface area (Å²) in [6, 6.07) is 6.33. The Morgan fingerprint density at radius 3 is 2.76 bits per heavy atom. The maximum Gasteiger partial charge on any atom is 0.147 e. The van der Waals surface area contributed by atoms with Crippen molar-refractivity contribution in [2.24, 2.45) is 0 Å². The van der Waals surface area contributed by atoms with Crippen LogP contribution in [0.5, 0.6) is 0 Å². The minimum Gasteiger partial charge on any atom is -0.383 e. The number of aryl methyl sites for hydroxylation is 1. The van der Waals surface area contributed by atoms with Gasteiger partial charge in [0.2, 0.25) is 0 Å². The molecule has 1 unspecified atom stereocenters. The summed E-state index contributed by atoms with van der Waals surface area (Å²) in [6.45, 7) is 1.84. The number of hydrogen-bond acceptors (Lipinski definition) is 2. The van der Waals surface area contributed by atoms with Gasteiger partial charge in [0, 0.05) is 23.5 Å². The fourth-order valence-electron chi connectivity index (χ4n) is 1.66. The van der Waals surface area contributed by atoms with Crippen molar-refractivity contribution in [3.05, 3.63) is 64.2 Å². The number of benzene rings is 1. The number of pyridine rings is 1. The summed E-state index contributed by atoms with van der Waals surface area (Å²) >= 11 is 5.68. The van der Waals surface area contributed by atoms with Crippen LogP contribution in [0.25, 0.3) is 0 Å². The first-order chi connectivity index (χ1) is 8.11. The second-order valence-corrected chi connectivity index (χ2v) is 4.19. The molecule has 0 fully saturated rings. The van der Waals surface area contributed by atoms with Crippen molar-refractivity contribution in [1.82, 2.24) is 4.98 Å². The van der Waals surface area contributed by atoms with Gasteiger partial charge >= 0.3 is 0 Å². The minimum atomic E-state index is -1.05. The zero-order chi connectivity index (χ0) is 12.4. The summed E-state index contributed by atoms with van der Waals surface area (Å²) in [5.74, 6) is -0.593. The number of hydrogen-bond donors (Lipinski definition) is 1. The van der Waals surface area contributed by atoms with E-state index in [2.05, 4.69) is 4.98 Å². The lowest BCUT2D eigenvalue weighted by Gasteiger charge is -2.14. The quantitative estimate of drug-likeness (QED) is 0.889. The number of aromatic nitrogens is 1. The highest BCUT2D eigenvalue weighted by molar-refractivity contribution is 6.30. The number of aliphatic hydroxyl groups excluding tert-OH is 1. The van der Waals surface area contributed by atoms with E-state index in [1.807, 2.05) is 6.92 Å². The first-order valence-corrected chi connectivity index (χ1v) is 5.51. The van der Waals surface area contributed by atoms with Crippen LogP contribution in [0.3, 0.4) is 0 Å². The molecule has 2 nitrogen and oxygen atoms in total. The SMILES string of the molecule is Cc1ccncc1C(O)c1cccc(Cl)c1F. The Bertz CT molecular complexity index is 545. The third kappa shape index (κ3) is 2.30. The number of rotatable bonds is 2. The Labute approximate surface area is 104 Å². The lowest BCUT2D eigenvalue weighted by Crippen LogP contribution is -2.05. The summed E-state index contributed by atoms with van der Waals surface area (Å²) in [4.78, 5) is 3.93. The van der Waals surface area contributed by atoms with E-state index in [4.69, 9.17) is 11.6 Å². The molecule has 1 aromatic heterocycles. The number of nitrogens with zero attached hydrogens (tertiary/aromatic N) is 1. The smallest absolute Gasteiger partial charge is 0.147 e. The molecule has 0 aliphatic heterocycles. The second-order valence-electron chi connectivity index (χ2n) is 3.78. The molecule has 0 aliphatic rings. The van der Waals surface area contributed by atoms with E-state index >= 15 is 0 Å². The molecule has 0 radical (unpaired) electrons. The van der Waals surface area contributed by atoms with Crippen molar-refractivity contribution in [2.75, 3.05) is 0 Å². The molecule has 1 heterocycles. The third-order valence-corrected chi connectivity index (χ3v) is 2.94. The molecule has 4 heteroatoms. The lowest BCUT2D eigenvalue weighted by molar-refractivity contribution is 0.214. The standard InChI is InChI=1S/C13H11ClFNO/c1-8-5-6-16-7-10(8)13(17)9-3-2-4-11(14)12(9)15/h2-7,13,17H,1H3. The van der Waals surface area contributed by atoms with Crippen LogP contribution in [-0.4, -0.2) is 10.1 Å². The van der Waals surface area contributed by atoms with Crippen LogP contribution in [0.1, 0.15) is 22.8 Å². The van der Waals surface area contributed by atoms with Gasteiger partial charge in [-0.1, -0.05) is 23.7 Å². The molecule has 17 heavy (non-hydrogen) atoms. The van der Waals surface area contributed by atoms with Crippen LogP contribution >= 0.6 is 11.6 Å². The van der Waals surface area contributed by atoms with Gasteiger partial charge in [0.1, 0.15) is 11.9 Å². The second kappa shape index (κ2) is 4.82. The predicted molar refractivity (Wildman–Crippen MR) is 64.4 cm³/mol. The van der Waals surface area contributed by atoms with E-state index in [0.29, 0.717) is 5.56 Å². The average molecular weight is 252 g/mol. The highest BCUT2D eigenvalue weighted by Gasteiger charge is 2.18. The molecule has 2 rings (SSSR count). The molecule has 0 amide bonds. The number of halogens is 2. The zero-order valence-electron chi connectivity index (χ0n) is 9.19. The Kier molecular flexibility index (Phi) is 3.41. The van der Waals surface area contributed by atoms with Crippen molar-refractivity contribution in [1.29, 1.82) is 0 Å². The van der Waals surface area contributed by atoms with Crippen molar-refractivity contribution in [3.63, 3.8) is 0 Å². The van der Waals surface area contributed by atoms with Crippen LogP contribution in [0, 0.1) is 12.7 Å². The largest absolute Gasteiger partial charge is 0.383 e. The van der Waals surface area contributed by atoms with Gasteiger partial charge in [-0.3, -0.25) is 4.98 Å². The summed E-state index contributed by atoms with van der Waals surface area (Å²) in [5, 5.41) is 10.1. The molecule has 88 valence electrons. The predicted octanol–water partition coefficient (Wildman–Crippen LogP) is 3.26. The normalized spacial score (nSPS) is 12.5. The van der Waals surface area contributed by atoms with Crippen LogP contribution < -0.4 is 0 Å². The van der Waals surface area contributed by atoms with E-state index in [-0.39, 0.29) is 10.6 Å². The summed E-state index contributed by atoms with van der Waals surface area (Å²) < 4.78 is 13.8. The van der Waals surface area contributed by atoms with Gasteiger partial charge in [-0.2, -0.15) is 0 Å². The van der Waals surface area contributed by atoms with Crippen LogP contribution in [0.4, 0.5) is 4.39 Å². The van der Waals surface area contributed by atoms with Gasteiger partial charge in [-0.05, 0) is 24.6 Å². The summed E-state index contributed by atoms with van der Waals surface area (Å²) in [5.41, 5.74) is 1.59. The zero-order valence-corrected chi connectivity index (χ0v) is 9.95. The van der Waals surface area contributed by atoms with Gasteiger partial charge < -0.3 is 5.11 Å². The summed E-state index contributed by atoms with van der Waals surface area (Å²) in [7, 11) is 0. The lowest BCUT2D eigenvalue weighted by atomic mass is 9.99. The Hall–Kier alpha value is -1.45. The molecular formula is C13H11ClFNO. The minimum absolute atomic E-state index is 0.00286. The van der Waals surface area contributed by atoms with Gasteiger partial charge in [0.25, 0.3) is 0 Å². The van der Waals surface area contributed by atoms with E-state index in [0.717, 1.165) is 5.56 Å². The highest BCUT2D eigenvalue weighted by Crippen LogP contribution is 2.28. The Balaban J connectivity index is 2.48. The highest BCUT2D eigenvalue weighted by atomic mass is 35.5.